The van der Waals surface area contributed by atoms with Crippen molar-refractivity contribution in [3.8, 4) is 17.1 Å². The lowest BCUT2D eigenvalue weighted by Crippen LogP contribution is -2.03. The van der Waals surface area contributed by atoms with Gasteiger partial charge >= 0.3 is 11.9 Å². The Bertz CT molecular complexity index is 912. The minimum atomic E-state index is -1.20. The maximum absolute atomic E-state index is 11.6. The molecular formula is C16H12N2O5. The number of methoxy groups -OCH3 is 1. The molecule has 0 saturated carbocycles. The Balaban J connectivity index is 2.26. The van der Waals surface area contributed by atoms with Crippen molar-refractivity contribution in [1.29, 1.82) is 0 Å². The predicted octanol–water partition coefficient (Wildman–Crippen LogP) is 2.19. The Hall–Kier alpha value is -3.35. The summed E-state index contributed by atoms with van der Waals surface area (Å²) >= 11 is 0. The maximum Gasteiger partial charge on any atom is 0.356 e. The van der Waals surface area contributed by atoms with Crippen LogP contribution in [0.3, 0.4) is 0 Å². The topological polar surface area (TPSA) is 101 Å². The SMILES string of the molecule is COC(=O)c1ccn2c(-c3ccc(O)cc3)nc(C(=O)O)c2c1. The van der Waals surface area contributed by atoms with Gasteiger partial charge in [-0.15, -0.1) is 0 Å². The highest BCUT2D eigenvalue weighted by Crippen LogP contribution is 2.25. The van der Waals surface area contributed by atoms with Crippen LogP contribution >= 0.6 is 0 Å². The first-order valence-corrected chi connectivity index (χ1v) is 6.64. The first kappa shape index (κ1) is 14.6. The molecule has 0 aliphatic heterocycles. The predicted molar refractivity (Wildman–Crippen MR) is 80.6 cm³/mol. The van der Waals surface area contributed by atoms with Gasteiger partial charge in [0.1, 0.15) is 11.6 Å². The number of carboxylic acid groups (broad SMARTS) is 1. The molecule has 7 heteroatoms. The number of benzene rings is 1. The summed E-state index contributed by atoms with van der Waals surface area (Å²) in [6.45, 7) is 0. The molecule has 3 aromatic rings. The first-order chi connectivity index (χ1) is 11.0. The minimum absolute atomic E-state index is 0.0982. The van der Waals surface area contributed by atoms with Crippen LogP contribution in [-0.2, 0) is 4.74 Å². The third kappa shape index (κ3) is 2.48. The largest absolute Gasteiger partial charge is 0.508 e. The Morgan fingerprint density at radius 1 is 1.17 bits per heavy atom. The second-order valence-corrected chi connectivity index (χ2v) is 4.80. The number of phenolic OH excluding ortho intramolecular Hbond substituents is 1. The Labute approximate surface area is 130 Å². The molecule has 0 atom stereocenters. The minimum Gasteiger partial charge on any atom is -0.508 e. The van der Waals surface area contributed by atoms with E-state index in [1.807, 2.05) is 0 Å². The molecule has 23 heavy (non-hydrogen) atoms. The van der Waals surface area contributed by atoms with Crippen molar-refractivity contribution >= 4 is 17.5 Å². The third-order valence-corrected chi connectivity index (χ3v) is 3.39. The summed E-state index contributed by atoms with van der Waals surface area (Å²) in [5, 5.41) is 18.7. The summed E-state index contributed by atoms with van der Waals surface area (Å²) < 4.78 is 6.22. The number of carbonyl (C=O) groups excluding carboxylic acids is 1. The van der Waals surface area contributed by atoms with E-state index in [1.54, 1.807) is 22.7 Å². The summed E-state index contributed by atoms with van der Waals surface area (Å²) in [7, 11) is 1.25. The summed E-state index contributed by atoms with van der Waals surface area (Å²) in [5.41, 5.74) is 0.984. The van der Waals surface area contributed by atoms with Gasteiger partial charge in [0.15, 0.2) is 5.69 Å². The van der Waals surface area contributed by atoms with Gasteiger partial charge in [0.2, 0.25) is 0 Å². The van der Waals surface area contributed by atoms with Crippen molar-refractivity contribution in [3.05, 3.63) is 53.9 Å². The number of imidazole rings is 1. The molecule has 0 unspecified atom stereocenters. The van der Waals surface area contributed by atoms with Crippen molar-refractivity contribution in [2.45, 2.75) is 0 Å². The Kier molecular flexibility index (Phi) is 3.46. The van der Waals surface area contributed by atoms with Gasteiger partial charge < -0.3 is 14.9 Å². The molecule has 2 heterocycles. The molecule has 0 amide bonds. The fourth-order valence-corrected chi connectivity index (χ4v) is 2.30. The Morgan fingerprint density at radius 2 is 1.87 bits per heavy atom. The van der Waals surface area contributed by atoms with Gasteiger partial charge in [-0.05, 0) is 36.4 Å². The molecule has 0 aliphatic carbocycles. The number of aromatic hydroxyl groups is 1. The van der Waals surface area contributed by atoms with E-state index in [4.69, 9.17) is 0 Å². The number of aromatic carboxylic acids is 1. The fourth-order valence-electron chi connectivity index (χ4n) is 2.30. The molecule has 0 fully saturated rings. The molecule has 0 aliphatic rings. The zero-order chi connectivity index (χ0) is 16.6. The number of carboxylic acids is 1. The summed E-state index contributed by atoms with van der Waals surface area (Å²) in [4.78, 5) is 27.2. The number of carbonyl (C=O) groups is 2. The first-order valence-electron chi connectivity index (χ1n) is 6.64. The summed E-state index contributed by atoms with van der Waals surface area (Å²) in [6.07, 6.45) is 1.56. The molecule has 3 rings (SSSR count). The molecule has 7 nitrogen and oxygen atoms in total. The number of esters is 1. The van der Waals surface area contributed by atoms with E-state index in [0.717, 1.165) is 0 Å². The average molecular weight is 312 g/mol. The van der Waals surface area contributed by atoms with Crippen LogP contribution < -0.4 is 0 Å². The van der Waals surface area contributed by atoms with Gasteiger partial charge in [-0.2, -0.15) is 0 Å². The van der Waals surface area contributed by atoms with Gasteiger partial charge in [-0.1, -0.05) is 0 Å². The molecule has 0 spiro atoms. The van der Waals surface area contributed by atoms with E-state index in [0.29, 0.717) is 11.4 Å². The van der Waals surface area contributed by atoms with Crippen molar-refractivity contribution < 1.29 is 24.5 Å². The molecular weight excluding hydrogens is 300 g/mol. The lowest BCUT2D eigenvalue weighted by molar-refractivity contribution is 0.0599. The lowest BCUT2D eigenvalue weighted by atomic mass is 10.2. The Morgan fingerprint density at radius 3 is 2.48 bits per heavy atom. The van der Waals surface area contributed by atoms with Gasteiger partial charge in [-0.3, -0.25) is 4.40 Å². The number of aromatic nitrogens is 2. The molecule has 0 saturated heterocycles. The second kappa shape index (κ2) is 5.45. The van der Waals surface area contributed by atoms with E-state index in [-0.39, 0.29) is 22.5 Å². The van der Waals surface area contributed by atoms with Crippen LogP contribution in [-0.4, -0.2) is 38.6 Å². The van der Waals surface area contributed by atoms with Crippen LogP contribution in [0.1, 0.15) is 20.8 Å². The summed E-state index contributed by atoms with van der Waals surface area (Å²) in [5.74, 6) is -1.26. The molecule has 116 valence electrons. The number of hydrogen-bond donors (Lipinski definition) is 2. The average Bonchev–Trinajstić information content (AvgIpc) is 2.93. The number of pyridine rings is 1. The van der Waals surface area contributed by atoms with Crippen LogP contribution in [0, 0.1) is 0 Å². The molecule has 0 radical (unpaired) electrons. The monoisotopic (exact) mass is 312 g/mol. The highest BCUT2D eigenvalue weighted by molar-refractivity contribution is 5.97. The number of phenols is 1. The third-order valence-electron chi connectivity index (χ3n) is 3.39. The normalized spacial score (nSPS) is 10.7. The van der Waals surface area contributed by atoms with Crippen molar-refractivity contribution in [2.24, 2.45) is 0 Å². The lowest BCUT2D eigenvalue weighted by Gasteiger charge is -2.04. The number of rotatable bonds is 3. The van der Waals surface area contributed by atoms with Crippen LogP contribution in [0.4, 0.5) is 0 Å². The van der Waals surface area contributed by atoms with E-state index in [1.165, 1.54) is 31.4 Å². The second-order valence-electron chi connectivity index (χ2n) is 4.80. The maximum atomic E-state index is 11.6. The van der Waals surface area contributed by atoms with E-state index >= 15 is 0 Å². The summed E-state index contributed by atoms with van der Waals surface area (Å²) in [6, 6.07) is 9.18. The zero-order valence-electron chi connectivity index (χ0n) is 12.1. The fraction of sp³-hybridized carbons (Fsp3) is 0.0625. The number of ether oxygens (including phenoxy) is 1. The standard InChI is InChI=1S/C16H12N2O5/c1-23-16(22)10-6-7-18-12(8-10)13(15(20)21)17-14(18)9-2-4-11(19)5-3-9/h2-8,19H,1H3,(H,20,21). The quantitative estimate of drug-likeness (QED) is 0.719. The number of fused-ring (bicyclic) bond motifs is 1. The van der Waals surface area contributed by atoms with Crippen molar-refractivity contribution in [2.75, 3.05) is 7.11 Å². The number of nitrogens with zero attached hydrogens (tertiary/aromatic N) is 2. The van der Waals surface area contributed by atoms with Crippen LogP contribution in [0.2, 0.25) is 0 Å². The van der Waals surface area contributed by atoms with Crippen LogP contribution in [0.15, 0.2) is 42.6 Å². The molecule has 0 bridgehead atoms. The van der Waals surface area contributed by atoms with Gasteiger partial charge in [-0.25, -0.2) is 14.6 Å². The highest BCUT2D eigenvalue weighted by atomic mass is 16.5. The van der Waals surface area contributed by atoms with Gasteiger partial charge in [0, 0.05) is 11.8 Å². The van der Waals surface area contributed by atoms with Gasteiger partial charge in [0.25, 0.3) is 0 Å². The number of hydrogen-bond acceptors (Lipinski definition) is 5. The van der Waals surface area contributed by atoms with Crippen molar-refractivity contribution in [1.82, 2.24) is 9.38 Å². The highest BCUT2D eigenvalue weighted by Gasteiger charge is 2.19. The van der Waals surface area contributed by atoms with Crippen molar-refractivity contribution in [3.63, 3.8) is 0 Å². The van der Waals surface area contributed by atoms with Crippen LogP contribution in [0.25, 0.3) is 16.9 Å². The van der Waals surface area contributed by atoms with Crippen LogP contribution in [0.5, 0.6) is 5.75 Å². The van der Waals surface area contributed by atoms with E-state index in [2.05, 4.69) is 9.72 Å². The molecule has 2 aromatic heterocycles. The molecule has 2 N–H and O–H groups in total. The zero-order valence-corrected chi connectivity index (χ0v) is 12.1. The van der Waals surface area contributed by atoms with E-state index < -0.39 is 11.9 Å². The van der Waals surface area contributed by atoms with E-state index in [9.17, 15) is 19.8 Å². The molecule has 1 aromatic carbocycles. The smallest absolute Gasteiger partial charge is 0.356 e. The van der Waals surface area contributed by atoms with Gasteiger partial charge in [0.05, 0.1) is 18.2 Å².